The Bertz CT molecular complexity index is 311. The minimum Gasteiger partial charge on any atom is -0.395 e. The molecule has 4 heteroatoms. The van der Waals surface area contributed by atoms with Crippen LogP contribution in [0.15, 0.2) is 30.3 Å². The zero-order chi connectivity index (χ0) is 11.3. The van der Waals surface area contributed by atoms with E-state index in [0.29, 0.717) is 5.69 Å². The molecule has 0 aliphatic rings. The molecule has 4 nitrogen and oxygen atoms in total. The quantitative estimate of drug-likeness (QED) is 0.754. The lowest BCUT2D eigenvalue weighted by molar-refractivity contribution is -0.125. The molecule has 0 aromatic heterocycles. The number of carbonyl (C=O) groups excluding carboxylic acids is 1. The van der Waals surface area contributed by atoms with Crippen LogP contribution >= 0.6 is 0 Å². The van der Waals surface area contributed by atoms with Crippen LogP contribution in [0.5, 0.6) is 0 Å². The number of carbonyl (C=O) groups is 1. The van der Waals surface area contributed by atoms with E-state index in [1.807, 2.05) is 6.07 Å². The van der Waals surface area contributed by atoms with E-state index in [2.05, 4.69) is 0 Å². The van der Waals surface area contributed by atoms with Gasteiger partial charge in [0.05, 0.1) is 6.61 Å². The minimum absolute atomic E-state index is 0.132. The van der Waals surface area contributed by atoms with Gasteiger partial charge >= 0.3 is 0 Å². The Morgan fingerprint density at radius 3 is 2.47 bits per heavy atom. The van der Waals surface area contributed by atoms with Gasteiger partial charge in [-0.2, -0.15) is 0 Å². The highest BCUT2D eigenvalue weighted by molar-refractivity contribution is 5.96. The van der Waals surface area contributed by atoms with Crippen molar-refractivity contribution in [1.29, 1.82) is 0 Å². The number of anilines is 1. The largest absolute Gasteiger partial charge is 0.395 e. The number of benzene rings is 1. The van der Waals surface area contributed by atoms with Crippen LogP contribution in [0.3, 0.4) is 0 Å². The van der Waals surface area contributed by atoms with Gasteiger partial charge in [0.15, 0.2) is 0 Å². The van der Waals surface area contributed by atoms with Gasteiger partial charge < -0.3 is 15.1 Å². The molecule has 1 aromatic carbocycles. The average molecular weight is 209 g/mol. The van der Waals surface area contributed by atoms with Crippen molar-refractivity contribution >= 4 is 11.6 Å². The lowest BCUT2D eigenvalue weighted by atomic mass is 10.2. The van der Waals surface area contributed by atoms with Crippen molar-refractivity contribution in [3.05, 3.63) is 30.3 Å². The molecule has 0 saturated heterocycles. The van der Waals surface area contributed by atoms with Crippen LogP contribution in [-0.4, -0.2) is 35.4 Å². The van der Waals surface area contributed by atoms with E-state index < -0.39 is 12.0 Å². The molecule has 1 aromatic rings. The molecule has 15 heavy (non-hydrogen) atoms. The van der Waals surface area contributed by atoms with Crippen LogP contribution in [0.4, 0.5) is 5.69 Å². The normalized spacial score (nSPS) is 12.2. The fourth-order valence-corrected chi connectivity index (χ4v) is 1.30. The lowest BCUT2D eigenvalue weighted by Gasteiger charge is -2.23. The highest BCUT2D eigenvalue weighted by Gasteiger charge is 2.19. The second-order valence-corrected chi connectivity index (χ2v) is 3.23. The van der Waals surface area contributed by atoms with Gasteiger partial charge in [-0.3, -0.25) is 4.79 Å². The Balaban J connectivity index is 2.88. The molecule has 2 N–H and O–H groups in total. The van der Waals surface area contributed by atoms with Crippen molar-refractivity contribution in [2.45, 2.75) is 13.0 Å². The summed E-state index contributed by atoms with van der Waals surface area (Å²) in [7, 11) is 0. The second-order valence-electron chi connectivity index (χ2n) is 3.23. The average Bonchev–Trinajstić information content (AvgIpc) is 2.26. The van der Waals surface area contributed by atoms with Gasteiger partial charge in [0.1, 0.15) is 6.10 Å². The predicted molar refractivity (Wildman–Crippen MR) is 57.6 cm³/mol. The molecule has 0 bridgehead atoms. The van der Waals surface area contributed by atoms with Gasteiger partial charge in [-0.15, -0.1) is 0 Å². The standard InChI is InChI=1S/C11H15NO3/c1-9(14)11(15)12(7-8-13)10-5-3-2-4-6-10/h2-6,9,13-14H,7-8H2,1H3. The maximum Gasteiger partial charge on any atom is 0.255 e. The maximum atomic E-state index is 11.6. The van der Waals surface area contributed by atoms with Crippen LogP contribution in [0.1, 0.15) is 6.92 Å². The lowest BCUT2D eigenvalue weighted by Crippen LogP contribution is -2.39. The van der Waals surface area contributed by atoms with E-state index in [4.69, 9.17) is 5.11 Å². The van der Waals surface area contributed by atoms with E-state index in [1.54, 1.807) is 24.3 Å². The van der Waals surface area contributed by atoms with E-state index >= 15 is 0 Å². The molecule has 0 heterocycles. The smallest absolute Gasteiger partial charge is 0.255 e. The van der Waals surface area contributed by atoms with Crippen molar-refractivity contribution in [3.63, 3.8) is 0 Å². The van der Waals surface area contributed by atoms with E-state index in [-0.39, 0.29) is 13.2 Å². The molecule has 1 unspecified atom stereocenters. The SMILES string of the molecule is CC(O)C(=O)N(CCO)c1ccccc1. The van der Waals surface area contributed by atoms with Crippen molar-refractivity contribution in [2.24, 2.45) is 0 Å². The number of rotatable bonds is 4. The van der Waals surface area contributed by atoms with E-state index in [9.17, 15) is 9.90 Å². The third kappa shape index (κ3) is 3.04. The van der Waals surface area contributed by atoms with Crippen molar-refractivity contribution < 1.29 is 15.0 Å². The van der Waals surface area contributed by atoms with Crippen molar-refractivity contribution in [3.8, 4) is 0 Å². The molecule has 0 aliphatic heterocycles. The Morgan fingerprint density at radius 1 is 1.40 bits per heavy atom. The number of amides is 1. The van der Waals surface area contributed by atoms with Gasteiger partial charge in [0.25, 0.3) is 5.91 Å². The third-order valence-electron chi connectivity index (χ3n) is 2.01. The first-order valence-electron chi connectivity index (χ1n) is 4.82. The monoisotopic (exact) mass is 209 g/mol. The van der Waals surface area contributed by atoms with Crippen LogP contribution in [-0.2, 0) is 4.79 Å². The summed E-state index contributed by atoms with van der Waals surface area (Å²) in [5, 5.41) is 18.1. The first-order valence-corrected chi connectivity index (χ1v) is 4.82. The summed E-state index contributed by atoms with van der Waals surface area (Å²) in [5.74, 6) is -0.407. The molecule has 1 rings (SSSR count). The molecule has 0 saturated carbocycles. The van der Waals surface area contributed by atoms with Gasteiger partial charge in [0.2, 0.25) is 0 Å². The molecule has 1 amide bonds. The summed E-state index contributed by atoms with van der Waals surface area (Å²) >= 11 is 0. The van der Waals surface area contributed by atoms with Crippen LogP contribution in [0, 0.1) is 0 Å². The molecular weight excluding hydrogens is 194 g/mol. The van der Waals surface area contributed by atoms with Crippen LogP contribution < -0.4 is 4.90 Å². The Hall–Kier alpha value is -1.39. The predicted octanol–water partition coefficient (Wildman–Crippen LogP) is 0.393. The van der Waals surface area contributed by atoms with E-state index in [0.717, 1.165) is 0 Å². The second kappa shape index (κ2) is 5.48. The van der Waals surface area contributed by atoms with Gasteiger partial charge in [-0.1, -0.05) is 18.2 Å². The summed E-state index contributed by atoms with van der Waals surface area (Å²) < 4.78 is 0. The summed E-state index contributed by atoms with van der Waals surface area (Å²) in [6.07, 6.45) is -1.06. The Labute approximate surface area is 88.8 Å². The van der Waals surface area contributed by atoms with Gasteiger partial charge in [-0.05, 0) is 19.1 Å². The maximum absolute atomic E-state index is 11.6. The highest BCUT2D eigenvalue weighted by atomic mass is 16.3. The van der Waals surface area contributed by atoms with Crippen LogP contribution in [0.25, 0.3) is 0 Å². The molecule has 0 aliphatic carbocycles. The molecule has 0 radical (unpaired) electrons. The first-order chi connectivity index (χ1) is 7.16. The number of hydrogen-bond acceptors (Lipinski definition) is 3. The summed E-state index contributed by atoms with van der Waals surface area (Å²) in [4.78, 5) is 13.0. The fourth-order valence-electron chi connectivity index (χ4n) is 1.30. The first kappa shape index (κ1) is 11.7. The Morgan fingerprint density at radius 2 is 2.00 bits per heavy atom. The number of para-hydroxylation sites is 1. The summed E-state index contributed by atoms with van der Waals surface area (Å²) in [5.41, 5.74) is 0.678. The summed E-state index contributed by atoms with van der Waals surface area (Å²) in [6.45, 7) is 1.47. The highest BCUT2D eigenvalue weighted by Crippen LogP contribution is 2.13. The van der Waals surface area contributed by atoms with Gasteiger partial charge in [0, 0.05) is 12.2 Å². The number of nitrogens with zero attached hydrogens (tertiary/aromatic N) is 1. The van der Waals surface area contributed by atoms with E-state index in [1.165, 1.54) is 11.8 Å². The zero-order valence-corrected chi connectivity index (χ0v) is 8.63. The number of aliphatic hydroxyl groups excluding tert-OH is 2. The third-order valence-corrected chi connectivity index (χ3v) is 2.01. The summed E-state index contributed by atoms with van der Waals surface area (Å²) in [6, 6.07) is 8.96. The number of hydrogen-bond donors (Lipinski definition) is 2. The number of aliphatic hydroxyl groups is 2. The zero-order valence-electron chi connectivity index (χ0n) is 8.63. The van der Waals surface area contributed by atoms with Crippen LogP contribution in [0.2, 0.25) is 0 Å². The molecule has 1 atom stereocenters. The van der Waals surface area contributed by atoms with Crippen molar-refractivity contribution in [1.82, 2.24) is 0 Å². The Kier molecular flexibility index (Phi) is 4.27. The minimum atomic E-state index is -1.06. The molecule has 82 valence electrons. The molecule has 0 fully saturated rings. The topological polar surface area (TPSA) is 60.8 Å². The fraction of sp³-hybridized carbons (Fsp3) is 0.364. The van der Waals surface area contributed by atoms with Crippen molar-refractivity contribution in [2.75, 3.05) is 18.1 Å². The molecular formula is C11H15NO3. The van der Waals surface area contributed by atoms with Gasteiger partial charge in [-0.25, -0.2) is 0 Å². The molecule has 0 spiro atoms.